The van der Waals surface area contributed by atoms with Gasteiger partial charge in [0, 0.05) is 35.9 Å². The average Bonchev–Trinajstić information content (AvgIpc) is 3.09. The molecule has 13 nitrogen and oxygen atoms in total. The predicted molar refractivity (Wildman–Crippen MR) is 200 cm³/mol. The number of carbonyl (C=O) groups excluding carboxylic acids is 3. The fourth-order valence-corrected chi connectivity index (χ4v) is 4.37. The maximum atomic E-state index is 13.5. The van der Waals surface area contributed by atoms with Gasteiger partial charge in [0.25, 0.3) is 11.5 Å². The first-order valence-corrected chi connectivity index (χ1v) is 16.1. The van der Waals surface area contributed by atoms with Gasteiger partial charge in [0.15, 0.2) is 5.82 Å². The molecule has 14 heteroatoms. The normalized spacial score (nSPS) is 9.82. The molecule has 0 atom stereocenters. The number of rotatable bonds is 11. The van der Waals surface area contributed by atoms with E-state index in [9.17, 15) is 28.7 Å². The molecule has 0 fully saturated rings. The summed E-state index contributed by atoms with van der Waals surface area (Å²) in [7, 11) is 0.500. The third-order valence-electron chi connectivity index (χ3n) is 6.43. The van der Waals surface area contributed by atoms with Crippen molar-refractivity contribution in [3.63, 3.8) is 0 Å². The number of nitrogens with zero attached hydrogens (tertiary/aromatic N) is 2. The predicted octanol–water partition coefficient (Wildman–Crippen LogP) is 4.76. The summed E-state index contributed by atoms with van der Waals surface area (Å²) in [5.74, 6) is -1.05. The van der Waals surface area contributed by atoms with Crippen molar-refractivity contribution in [1.29, 1.82) is 5.41 Å². The van der Waals surface area contributed by atoms with Gasteiger partial charge in [-0.05, 0) is 69.2 Å². The van der Waals surface area contributed by atoms with Crippen LogP contribution in [0.2, 0.25) is 0 Å². The highest BCUT2D eigenvalue weighted by Gasteiger charge is 2.18. The van der Waals surface area contributed by atoms with Gasteiger partial charge in [0.1, 0.15) is 23.9 Å². The summed E-state index contributed by atoms with van der Waals surface area (Å²) in [5.41, 5.74) is 14.1. The minimum absolute atomic E-state index is 0.0564. The smallest absolute Gasteiger partial charge is 0.294 e. The Labute approximate surface area is 297 Å². The van der Waals surface area contributed by atoms with Crippen LogP contribution >= 0.6 is 0 Å². The van der Waals surface area contributed by atoms with Crippen LogP contribution in [0, 0.1) is 5.41 Å². The Kier molecular flexibility index (Phi) is 18.4. The number of nitrogens with one attached hydrogen (secondary N) is 4. The van der Waals surface area contributed by atoms with Crippen LogP contribution in [0.1, 0.15) is 68.6 Å². The molecule has 274 valence electrons. The van der Waals surface area contributed by atoms with Gasteiger partial charge in [-0.3, -0.25) is 28.8 Å². The molecule has 0 aliphatic rings. The summed E-state index contributed by atoms with van der Waals surface area (Å²) in [5, 5.41) is 26.2. The van der Waals surface area contributed by atoms with E-state index in [0.29, 0.717) is 36.2 Å². The van der Waals surface area contributed by atoms with Gasteiger partial charge in [0.2, 0.25) is 5.91 Å². The number of benzene rings is 3. The zero-order valence-corrected chi connectivity index (χ0v) is 30.1. The number of amidine groups is 1. The first-order valence-electron chi connectivity index (χ1n) is 16.1. The number of Topliss-reactive ketones (excluding diaryl/α,β-unsaturated/α-hetero) is 1. The van der Waals surface area contributed by atoms with Crippen LogP contribution in [-0.4, -0.2) is 51.3 Å². The lowest BCUT2D eigenvalue weighted by Crippen LogP contribution is -2.35. The molecule has 0 aliphatic carbocycles. The molecular weight excluding hydrogens is 655 g/mol. The first-order chi connectivity index (χ1) is 24.2. The molecule has 0 radical (unpaired) electrons. The fourth-order valence-electron chi connectivity index (χ4n) is 4.37. The standard InChI is InChI=1S/C31H34N8O4.C3H6O.C2H6.CH3F/c1-18(2)38-29-31(43)39(17-27(41)35-15-20-8-9-24(28(33)34)26(40)10-20)25(16-36-29)21-11-22(13-23(32)12-21)30(42)37-14-19-6-4-3-5-7-19;1-3(2)4;2*1-2/h3-13,16,18,40H,14-15,17,32H2,1-2H3,(H3,33,34)(H,35,41)(H,36,38)(H,37,42);1-2H3;1-2H3;1H3. The molecule has 0 bridgehead atoms. The highest BCUT2D eigenvalue weighted by molar-refractivity contribution is 5.97. The Morgan fingerprint density at radius 1 is 0.941 bits per heavy atom. The van der Waals surface area contributed by atoms with Gasteiger partial charge in [-0.1, -0.05) is 50.2 Å². The second kappa shape index (κ2) is 21.8. The second-order valence-electron chi connectivity index (χ2n) is 11.1. The molecule has 51 heavy (non-hydrogen) atoms. The molecule has 1 heterocycles. The van der Waals surface area contributed by atoms with Crippen molar-refractivity contribution in [3.05, 3.63) is 106 Å². The fraction of sp³-hybridized carbons (Fsp3) is 0.297. The molecule has 0 unspecified atom stereocenters. The first kappa shape index (κ1) is 43.0. The second-order valence-corrected chi connectivity index (χ2v) is 11.1. The van der Waals surface area contributed by atoms with Crippen LogP contribution in [0.3, 0.4) is 0 Å². The number of amides is 2. The van der Waals surface area contributed by atoms with Crippen molar-refractivity contribution in [3.8, 4) is 17.0 Å². The SMILES string of the molecule is CC.CC(C)=O.CC(C)Nc1ncc(-c2cc(N)cc(C(=O)NCc3ccccc3)c2)n(CC(=O)NCc2ccc(C(=N)N)c(O)c2)c1=O.CF. The van der Waals surface area contributed by atoms with Crippen molar-refractivity contribution >= 4 is 34.9 Å². The van der Waals surface area contributed by atoms with Crippen molar-refractivity contribution < 1.29 is 23.9 Å². The quantitative estimate of drug-likeness (QED) is 0.0650. The largest absolute Gasteiger partial charge is 0.507 e. The Morgan fingerprint density at radius 2 is 1.55 bits per heavy atom. The lowest BCUT2D eigenvalue weighted by molar-refractivity contribution is -0.121. The van der Waals surface area contributed by atoms with Crippen LogP contribution in [0.15, 0.2) is 77.7 Å². The Bertz CT molecular complexity index is 1820. The Balaban J connectivity index is 0.00000149. The number of nitrogen functional groups attached to an aromatic ring is 2. The van der Waals surface area contributed by atoms with Crippen molar-refractivity contribution in [1.82, 2.24) is 20.2 Å². The lowest BCUT2D eigenvalue weighted by Gasteiger charge is -2.17. The number of phenolic OH excluding ortho intramolecular Hbond substituents is 1. The summed E-state index contributed by atoms with van der Waals surface area (Å²) in [6.07, 6.45) is 1.46. The molecule has 0 spiro atoms. The number of nitrogens with two attached hydrogens (primary N) is 2. The van der Waals surface area contributed by atoms with E-state index in [0.717, 1.165) is 5.56 Å². The summed E-state index contributed by atoms with van der Waals surface area (Å²) in [4.78, 5) is 53.3. The highest BCUT2D eigenvalue weighted by Crippen LogP contribution is 2.24. The number of phenols is 1. The van der Waals surface area contributed by atoms with Gasteiger partial charge in [-0.25, -0.2) is 4.98 Å². The van der Waals surface area contributed by atoms with Gasteiger partial charge in [-0.2, -0.15) is 0 Å². The number of hydrogen-bond donors (Lipinski definition) is 7. The third kappa shape index (κ3) is 14.1. The summed E-state index contributed by atoms with van der Waals surface area (Å²) >= 11 is 0. The van der Waals surface area contributed by atoms with Crippen LogP contribution in [0.4, 0.5) is 15.9 Å². The molecule has 4 aromatic rings. The molecular formula is C37H49FN8O5. The van der Waals surface area contributed by atoms with Crippen LogP contribution < -0.4 is 33.0 Å². The molecule has 0 saturated carbocycles. The maximum Gasteiger partial charge on any atom is 0.294 e. The molecule has 0 aliphatic heterocycles. The minimum Gasteiger partial charge on any atom is -0.507 e. The van der Waals surface area contributed by atoms with Crippen LogP contribution in [0.25, 0.3) is 11.3 Å². The van der Waals surface area contributed by atoms with E-state index in [1.54, 1.807) is 18.2 Å². The van der Waals surface area contributed by atoms with Gasteiger partial charge in [0.05, 0.1) is 24.6 Å². The zero-order valence-electron chi connectivity index (χ0n) is 30.1. The van der Waals surface area contributed by atoms with E-state index in [4.69, 9.17) is 16.9 Å². The molecule has 2 amide bonds. The number of halogens is 1. The highest BCUT2D eigenvalue weighted by atomic mass is 19.1. The third-order valence-corrected chi connectivity index (χ3v) is 6.43. The number of anilines is 2. The summed E-state index contributed by atoms with van der Waals surface area (Å²) in [6, 6.07) is 18.6. The van der Waals surface area contributed by atoms with E-state index < -0.39 is 11.5 Å². The van der Waals surface area contributed by atoms with Crippen molar-refractivity contribution in [2.45, 2.75) is 67.2 Å². The van der Waals surface area contributed by atoms with E-state index in [1.165, 1.54) is 42.8 Å². The summed E-state index contributed by atoms with van der Waals surface area (Å²) in [6.45, 7) is 10.8. The molecule has 9 N–H and O–H groups in total. The van der Waals surface area contributed by atoms with Crippen molar-refractivity contribution in [2.75, 3.05) is 18.2 Å². The Hall–Kier alpha value is -6.05. The molecule has 0 saturated heterocycles. The van der Waals surface area contributed by atoms with Gasteiger partial charge < -0.3 is 37.3 Å². The summed E-state index contributed by atoms with van der Waals surface area (Å²) < 4.78 is 10.8. The van der Waals surface area contributed by atoms with Crippen LogP contribution in [0.5, 0.6) is 5.75 Å². The lowest BCUT2D eigenvalue weighted by atomic mass is 10.1. The number of aromatic hydroxyl groups is 1. The maximum absolute atomic E-state index is 13.5. The molecule has 1 aromatic heterocycles. The zero-order chi connectivity index (χ0) is 38.7. The molecule has 4 rings (SSSR count). The number of aromatic nitrogens is 2. The number of hydrogen-bond acceptors (Lipinski definition) is 9. The molecule has 3 aromatic carbocycles. The van der Waals surface area contributed by atoms with E-state index in [-0.39, 0.29) is 59.4 Å². The van der Waals surface area contributed by atoms with Crippen LogP contribution in [-0.2, 0) is 29.2 Å². The number of ketones is 1. The average molecular weight is 705 g/mol. The minimum atomic E-state index is -0.526. The number of alkyl halides is 1. The van der Waals surface area contributed by atoms with E-state index in [1.807, 2.05) is 58.0 Å². The van der Waals surface area contributed by atoms with E-state index in [2.05, 4.69) is 20.9 Å². The van der Waals surface area contributed by atoms with Gasteiger partial charge in [-0.15, -0.1) is 0 Å². The van der Waals surface area contributed by atoms with E-state index >= 15 is 0 Å². The van der Waals surface area contributed by atoms with Gasteiger partial charge >= 0.3 is 0 Å². The topological polar surface area (TPSA) is 218 Å². The Morgan fingerprint density at radius 3 is 2.12 bits per heavy atom. The van der Waals surface area contributed by atoms with Crippen molar-refractivity contribution in [2.24, 2.45) is 5.73 Å². The number of carbonyl (C=O) groups is 3. The monoisotopic (exact) mass is 704 g/mol.